The first-order valence-electron chi connectivity index (χ1n) is 8.27. The summed E-state index contributed by atoms with van der Waals surface area (Å²) in [6.07, 6.45) is 2.97. The van der Waals surface area contributed by atoms with E-state index in [1.807, 2.05) is 42.5 Å². The zero-order valence-electron chi connectivity index (χ0n) is 13.7. The molecule has 2 N–H and O–H groups in total. The normalized spacial score (nSPS) is 15.4. The minimum atomic E-state index is -0.928. The summed E-state index contributed by atoms with van der Waals surface area (Å²) < 4.78 is 0. The Morgan fingerprint density at radius 1 is 1.04 bits per heavy atom. The highest BCUT2D eigenvalue weighted by Gasteiger charge is 2.28. The minimum absolute atomic E-state index is 0.198. The molecule has 0 saturated carbocycles. The van der Waals surface area contributed by atoms with Gasteiger partial charge in [-0.25, -0.2) is 0 Å². The fourth-order valence-electron chi connectivity index (χ4n) is 3.35. The molecule has 0 heterocycles. The molecule has 0 bridgehead atoms. The number of carboxylic acid groups (broad SMARTS) is 1. The van der Waals surface area contributed by atoms with E-state index in [1.165, 1.54) is 5.56 Å². The van der Waals surface area contributed by atoms with Gasteiger partial charge < -0.3 is 10.4 Å². The lowest BCUT2D eigenvalue weighted by atomic mass is 9.93. The van der Waals surface area contributed by atoms with Crippen LogP contribution in [0.15, 0.2) is 48.5 Å². The lowest BCUT2D eigenvalue weighted by Crippen LogP contribution is -2.36. The van der Waals surface area contributed by atoms with Crippen LogP contribution in [0.1, 0.15) is 46.4 Å². The number of carboxylic acids is 1. The van der Waals surface area contributed by atoms with Gasteiger partial charge in [0.2, 0.25) is 0 Å². The first-order valence-corrected chi connectivity index (χ1v) is 8.27. The SMILES string of the molecule is CC(C(=O)O)C(NC(=O)c1cccc2c1CCC2)c1ccccc1. The molecule has 2 aromatic carbocycles. The molecule has 0 aliphatic heterocycles. The van der Waals surface area contributed by atoms with Crippen molar-refractivity contribution in [2.75, 3.05) is 0 Å². The van der Waals surface area contributed by atoms with Crippen LogP contribution < -0.4 is 5.32 Å². The molecular weight excluding hydrogens is 302 g/mol. The maximum atomic E-state index is 12.8. The van der Waals surface area contributed by atoms with E-state index in [0.717, 1.165) is 30.4 Å². The Bertz CT molecular complexity index is 755. The second kappa shape index (κ2) is 6.87. The van der Waals surface area contributed by atoms with E-state index >= 15 is 0 Å². The molecule has 1 amide bonds. The number of aryl methyl sites for hydroxylation is 1. The lowest BCUT2D eigenvalue weighted by Gasteiger charge is -2.23. The zero-order valence-corrected chi connectivity index (χ0v) is 13.7. The quantitative estimate of drug-likeness (QED) is 0.886. The summed E-state index contributed by atoms with van der Waals surface area (Å²) >= 11 is 0. The minimum Gasteiger partial charge on any atom is -0.481 e. The van der Waals surface area contributed by atoms with Crippen molar-refractivity contribution in [2.24, 2.45) is 5.92 Å². The van der Waals surface area contributed by atoms with Gasteiger partial charge in [-0.3, -0.25) is 9.59 Å². The lowest BCUT2D eigenvalue weighted by molar-refractivity contribution is -0.142. The Kier molecular flexibility index (Phi) is 4.65. The van der Waals surface area contributed by atoms with Crippen LogP contribution in [0.4, 0.5) is 0 Å². The van der Waals surface area contributed by atoms with Crippen molar-refractivity contribution in [2.45, 2.75) is 32.2 Å². The summed E-state index contributed by atoms with van der Waals surface area (Å²) in [6, 6.07) is 14.5. The number of aliphatic carboxylic acids is 1. The number of nitrogens with one attached hydrogen (secondary N) is 1. The van der Waals surface area contributed by atoms with Gasteiger partial charge in [0.1, 0.15) is 0 Å². The molecule has 4 heteroatoms. The monoisotopic (exact) mass is 323 g/mol. The molecule has 1 aliphatic carbocycles. The van der Waals surface area contributed by atoms with Crippen LogP contribution in [0.2, 0.25) is 0 Å². The molecular formula is C20H21NO3. The standard InChI is InChI=1S/C20H21NO3/c1-13(20(23)24)18(15-7-3-2-4-8-15)21-19(22)17-12-6-10-14-9-5-11-16(14)17/h2-4,6-8,10,12-13,18H,5,9,11H2,1H3,(H,21,22)(H,23,24). The molecule has 124 valence electrons. The van der Waals surface area contributed by atoms with E-state index < -0.39 is 17.9 Å². The zero-order chi connectivity index (χ0) is 17.1. The van der Waals surface area contributed by atoms with Crippen LogP contribution in [-0.2, 0) is 17.6 Å². The third-order valence-electron chi connectivity index (χ3n) is 4.73. The first-order chi connectivity index (χ1) is 11.6. The largest absolute Gasteiger partial charge is 0.481 e. The number of benzene rings is 2. The van der Waals surface area contributed by atoms with Gasteiger partial charge in [-0.1, -0.05) is 42.5 Å². The topological polar surface area (TPSA) is 66.4 Å². The van der Waals surface area contributed by atoms with Crippen LogP contribution in [0.5, 0.6) is 0 Å². The summed E-state index contributed by atoms with van der Waals surface area (Å²) in [6.45, 7) is 1.62. The highest BCUT2D eigenvalue weighted by Crippen LogP contribution is 2.27. The molecule has 0 saturated heterocycles. The van der Waals surface area contributed by atoms with E-state index in [-0.39, 0.29) is 5.91 Å². The van der Waals surface area contributed by atoms with Crippen molar-refractivity contribution in [3.63, 3.8) is 0 Å². The van der Waals surface area contributed by atoms with Crippen molar-refractivity contribution in [1.29, 1.82) is 0 Å². The van der Waals surface area contributed by atoms with Crippen LogP contribution >= 0.6 is 0 Å². The number of carbonyl (C=O) groups is 2. The Hall–Kier alpha value is -2.62. The summed E-state index contributed by atoms with van der Waals surface area (Å²) in [4.78, 5) is 24.3. The molecule has 0 spiro atoms. The van der Waals surface area contributed by atoms with Crippen LogP contribution in [0.25, 0.3) is 0 Å². The molecule has 0 fully saturated rings. The van der Waals surface area contributed by atoms with E-state index in [9.17, 15) is 14.7 Å². The molecule has 0 aromatic heterocycles. The Morgan fingerprint density at radius 3 is 2.50 bits per heavy atom. The van der Waals surface area contributed by atoms with E-state index in [0.29, 0.717) is 5.56 Å². The molecule has 24 heavy (non-hydrogen) atoms. The van der Waals surface area contributed by atoms with Crippen molar-refractivity contribution >= 4 is 11.9 Å². The molecule has 3 rings (SSSR count). The Morgan fingerprint density at radius 2 is 1.79 bits per heavy atom. The summed E-state index contributed by atoms with van der Waals surface area (Å²) in [5, 5.41) is 12.3. The van der Waals surface area contributed by atoms with Gasteiger partial charge in [0.25, 0.3) is 5.91 Å². The predicted molar refractivity (Wildman–Crippen MR) is 91.9 cm³/mol. The van der Waals surface area contributed by atoms with Crippen LogP contribution in [0.3, 0.4) is 0 Å². The summed E-state index contributed by atoms with van der Waals surface area (Å²) in [7, 11) is 0. The highest BCUT2D eigenvalue weighted by atomic mass is 16.4. The van der Waals surface area contributed by atoms with E-state index in [4.69, 9.17) is 0 Å². The maximum Gasteiger partial charge on any atom is 0.308 e. The molecule has 2 atom stereocenters. The second-order valence-electron chi connectivity index (χ2n) is 6.29. The third kappa shape index (κ3) is 3.18. The summed E-state index contributed by atoms with van der Waals surface area (Å²) in [5.74, 6) is -1.84. The van der Waals surface area contributed by atoms with E-state index in [1.54, 1.807) is 6.92 Å². The first kappa shape index (κ1) is 16.2. The smallest absolute Gasteiger partial charge is 0.308 e. The molecule has 2 unspecified atom stereocenters. The van der Waals surface area contributed by atoms with Crippen molar-refractivity contribution < 1.29 is 14.7 Å². The number of hydrogen-bond donors (Lipinski definition) is 2. The number of amides is 1. The van der Waals surface area contributed by atoms with Crippen LogP contribution in [0, 0.1) is 5.92 Å². The third-order valence-corrected chi connectivity index (χ3v) is 4.73. The number of fused-ring (bicyclic) bond motifs is 1. The van der Waals surface area contributed by atoms with E-state index in [2.05, 4.69) is 11.4 Å². The number of rotatable bonds is 5. The molecule has 1 aliphatic rings. The summed E-state index contributed by atoms with van der Waals surface area (Å²) in [5.41, 5.74) is 3.80. The highest BCUT2D eigenvalue weighted by molar-refractivity contribution is 5.96. The molecule has 0 radical (unpaired) electrons. The van der Waals surface area contributed by atoms with Gasteiger partial charge in [-0.15, -0.1) is 0 Å². The van der Waals surface area contributed by atoms with Gasteiger partial charge >= 0.3 is 5.97 Å². The average molecular weight is 323 g/mol. The van der Waals surface area contributed by atoms with Crippen molar-refractivity contribution in [3.05, 3.63) is 70.8 Å². The molecule has 2 aromatic rings. The molecule has 4 nitrogen and oxygen atoms in total. The second-order valence-corrected chi connectivity index (χ2v) is 6.29. The van der Waals surface area contributed by atoms with Gasteiger partial charge in [0.05, 0.1) is 12.0 Å². The van der Waals surface area contributed by atoms with Crippen LogP contribution in [-0.4, -0.2) is 17.0 Å². The van der Waals surface area contributed by atoms with Crippen molar-refractivity contribution in [3.8, 4) is 0 Å². The fourth-order valence-corrected chi connectivity index (χ4v) is 3.35. The maximum absolute atomic E-state index is 12.8. The fraction of sp³-hybridized carbons (Fsp3) is 0.300. The predicted octanol–water partition coefficient (Wildman–Crippen LogP) is 3.37. The van der Waals surface area contributed by atoms with Gasteiger partial charge in [0.15, 0.2) is 0 Å². The number of carbonyl (C=O) groups excluding carboxylic acids is 1. The van der Waals surface area contributed by atoms with Crippen molar-refractivity contribution in [1.82, 2.24) is 5.32 Å². The Labute approximate surface area is 141 Å². The Balaban J connectivity index is 1.89. The average Bonchev–Trinajstić information content (AvgIpc) is 3.08. The van der Waals surface area contributed by atoms with Gasteiger partial charge in [-0.05, 0) is 48.9 Å². The van der Waals surface area contributed by atoms with Gasteiger partial charge in [-0.2, -0.15) is 0 Å². The number of hydrogen-bond acceptors (Lipinski definition) is 2. The van der Waals surface area contributed by atoms with Gasteiger partial charge in [0, 0.05) is 5.56 Å².